The molecule has 0 aliphatic rings. The van der Waals surface area contributed by atoms with Crippen molar-refractivity contribution in [1.82, 2.24) is 4.31 Å². The Morgan fingerprint density at radius 1 is 1.21 bits per heavy atom. The van der Waals surface area contributed by atoms with E-state index in [1.165, 1.54) is 27.3 Å². The van der Waals surface area contributed by atoms with Gasteiger partial charge in [-0.2, -0.15) is 0 Å². The van der Waals surface area contributed by atoms with Crippen LogP contribution in [0.5, 0.6) is 11.5 Å². The molecule has 8 heteroatoms. The van der Waals surface area contributed by atoms with Crippen molar-refractivity contribution in [1.29, 1.82) is 0 Å². The highest BCUT2D eigenvalue weighted by Gasteiger charge is 2.19. The summed E-state index contributed by atoms with van der Waals surface area (Å²) in [5.41, 5.74) is 1.26. The molecule has 1 N–H and O–H groups in total. The molecular formula is C21H26N2O5S. The molecule has 0 aliphatic heterocycles. The summed E-state index contributed by atoms with van der Waals surface area (Å²) in [6.45, 7) is 3.98. The van der Waals surface area contributed by atoms with Crippen molar-refractivity contribution in [3.8, 4) is 11.5 Å². The van der Waals surface area contributed by atoms with Crippen LogP contribution in [-0.4, -0.2) is 46.4 Å². The molecule has 2 rings (SSSR count). The SMILES string of the molecule is C=CCOc1cccc(NC(=O)CCc2cc(S(=O)(=O)N(C)C)ccc2OC)c1. The van der Waals surface area contributed by atoms with Gasteiger partial charge in [0.05, 0.1) is 12.0 Å². The standard InChI is InChI=1S/C21H26N2O5S/c1-5-13-28-18-8-6-7-17(15-18)22-21(24)12-9-16-14-19(10-11-20(16)27-4)29(25,26)23(2)3/h5-8,10-11,14-15H,1,9,12-13H2,2-4H3,(H,22,24). The van der Waals surface area contributed by atoms with E-state index < -0.39 is 10.0 Å². The van der Waals surface area contributed by atoms with Crippen LogP contribution in [0.15, 0.2) is 60.0 Å². The maximum Gasteiger partial charge on any atom is 0.242 e. The van der Waals surface area contributed by atoms with Crippen molar-refractivity contribution in [3.63, 3.8) is 0 Å². The lowest BCUT2D eigenvalue weighted by atomic mass is 10.1. The highest BCUT2D eigenvalue weighted by Crippen LogP contribution is 2.25. The third-order valence-corrected chi connectivity index (χ3v) is 5.95. The van der Waals surface area contributed by atoms with Gasteiger partial charge in [0.2, 0.25) is 15.9 Å². The predicted molar refractivity (Wildman–Crippen MR) is 113 cm³/mol. The fraction of sp³-hybridized carbons (Fsp3) is 0.286. The molecule has 0 aliphatic carbocycles. The normalized spacial score (nSPS) is 11.2. The van der Waals surface area contributed by atoms with Crippen LogP contribution in [0.3, 0.4) is 0 Å². The number of hydrogen-bond donors (Lipinski definition) is 1. The first-order valence-electron chi connectivity index (χ1n) is 9.01. The van der Waals surface area contributed by atoms with Crippen molar-refractivity contribution in [2.75, 3.05) is 33.1 Å². The number of aryl methyl sites for hydroxylation is 1. The number of carbonyl (C=O) groups excluding carboxylic acids is 1. The summed E-state index contributed by atoms with van der Waals surface area (Å²) in [7, 11) is 0.884. The van der Waals surface area contributed by atoms with Gasteiger partial charge in [-0.05, 0) is 42.3 Å². The van der Waals surface area contributed by atoms with Gasteiger partial charge >= 0.3 is 0 Å². The van der Waals surface area contributed by atoms with Crippen LogP contribution >= 0.6 is 0 Å². The van der Waals surface area contributed by atoms with E-state index in [9.17, 15) is 13.2 Å². The Hall–Kier alpha value is -2.84. The second kappa shape index (κ2) is 10.1. The molecule has 0 saturated heterocycles. The first kappa shape index (κ1) is 22.4. The number of rotatable bonds is 10. The molecule has 0 unspecified atom stereocenters. The van der Waals surface area contributed by atoms with Crippen molar-refractivity contribution < 1.29 is 22.7 Å². The summed E-state index contributed by atoms with van der Waals surface area (Å²) in [6.07, 6.45) is 2.14. The summed E-state index contributed by atoms with van der Waals surface area (Å²) < 4.78 is 36.6. The van der Waals surface area contributed by atoms with Gasteiger partial charge in [0.15, 0.2) is 0 Å². The molecule has 156 valence electrons. The minimum absolute atomic E-state index is 0.158. The van der Waals surface area contributed by atoms with Crippen LogP contribution in [0.4, 0.5) is 5.69 Å². The number of nitrogens with zero attached hydrogens (tertiary/aromatic N) is 1. The smallest absolute Gasteiger partial charge is 0.242 e. The van der Waals surface area contributed by atoms with E-state index in [0.29, 0.717) is 35.8 Å². The number of benzene rings is 2. The topological polar surface area (TPSA) is 84.9 Å². The van der Waals surface area contributed by atoms with Gasteiger partial charge in [0.25, 0.3) is 0 Å². The third-order valence-electron chi connectivity index (χ3n) is 4.14. The van der Waals surface area contributed by atoms with E-state index in [4.69, 9.17) is 9.47 Å². The van der Waals surface area contributed by atoms with E-state index in [0.717, 1.165) is 4.31 Å². The van der Waals surface area contributed by atoms with E-state index in [1.54, 1.807) is 42.5 Å². The molecule has 0 saturated carbocycles. The molecule has 0 bridgehead atoms. The molecule has 0 heterocycles. The van der Waals surface area contributed by atoms with Crippen molar-refractivity contribution in [2.24, 2.45) is 0 Å². The van der Waals surface area contributed by atoms with Crippen LogP contribution < -0.4 is 14.8 Å². The third kappa shape index (κ3) is 6.07. The summed E-state index contributed by atoms with van der Waals surface area (Å²) in [5.74, 6) is 0.968. The minimum Gasteiger partial charge on any atom is -0.496 e. The van der Waals surface area contributed by atoms with Gasteiger partial charge in [-0.15, -0.1) is 0 Å². The maximum atomic E-state index is 12.4. The van der Waals surface area contributed by atoms with E-state index in [2.05, 4.69) is 11.9 Å². The first-order valence-corrected chi connectivity index (χ1v) is 10.4. The molecule has 29 heavy (non-hydrogen) atoms. The Balaban J connectivity index is 2.08. The van der Waals surface area contributed by atoms with E-state index in [-0.39, 0.29) is 17.2 Å². The number of carbonyl (C=O) groups is 1. The fourth-order valence-electron chi connectivity index (χ4n) is 2.61. The summed E-state index contributed by atoms with van der Waals surface area (Å²) in [4.78, 5) is 12.5. The van der Waals surface area contributed by atoms with Crippen LogP contribution in [0.1, 0.15) is 12.0 Å². The van der Waals surface area contributed by atoms with Gasteiger partial charge in [0, 0.05) is 32.3 Å². The minimum atomic E-state index is -3.57. The lowest BCUT2D eigenvalue weighted by Gasteiger charge is -2.14. The Bertz CT molecular complexity index is 971. The number of hydrogen-bond acceptors (Lipinski definition) is 5. The second-order valence-corrected chi connectivity index (χ2v) is 8.59. The zero-order chi connectivity index (χ0) is 21.4. The van der Waals surface area contributed by atoms with Crippen LogP contribution in [0.25, 0.3) is 0 Å². The highest BCUT2D eigenvalue weighted by molar-refractivity contribution is 7.89. The molecule has 1 amide bonds. The van der Waals surface area contributed by atoms with Gasteiger partial charge in [-0.3, -0.25) is 4.79 Å². The Labute approximate surface area is 172 Å². The summed E-state index contributed by atoms with van der Waals surface area (Å²) in [6, 6.07) is 11.7. The first-order chi connectivity index (χ1) is 13.8. The van der Waals surface area contributed by atoms with Gasteiger partial charge in [-0.1, -0.05) is 18.7 Å². The molecule has 7 nitrogen and oxygen atoms in total. The van der Waals surface area contributed by atoms with Crippen molar-refractivity contribution in [3.05, 3.63) is 60.7 Å². The quantitative estimate of drug-likeness (QED) is 0.600. The zero-order valence-electron chi connectivity index (χ0n) is 16.8. The fourth-order valence-corrected chi connectivity index (χ4v) is 3.56. The van der Waals surface area contributed by atoms with Crippen LogP contribution in [0, 0.1) is 0 Å². The lowest BCUT2D eigenvalue weighted by molar-refractivity contribution is -0.116. The van der Waals surface area contributed by atoms with Crippen molar-refractivity contribution in [2.45, 2.75) is 17.7 Å². The lowest BCUT2D eigenvalue weighted by Crippen LogP contribution is -2.22. The Kier molecular flexibility index (Phi) is 7.81. The zero-order valence-corrected chi connectivity index (χ0v) is 17.7. The number of ether oxygens (including phenoxy) is 2. The van der Waals surface area contributed by atoms with Crippen molar-refractivity contribution >= 4 is 21.6 Å². The molecule has 2 aromatic rings. The Morgan fingerprint density at radius 2 is 1.97 bits per heavy atom. The average molecular weight is 419 g/mol. The van der Waals surface area contributed by atoms with E-state index >= 15 is 0 Å². The van der Waals surface area contributed by atoms with Gasteiger partial charge < -0.3 is 14.8 Å². The number of sulfonamides is 1. The largest absolute Gasteiger partial charge is 0.496 e. The number of anilines is 1. The summed E-state index contributed by atoms with van der Waals surface area (Å²) >= 11 is 0. The number of amides is 1. The van der Waals surface area contributed by atoms with Gasteiger partial charge in [-0.25, -0.2) is 12.7 Å². The van der Waals surface area contributed by atoms with E-state index in [1.807, 2.05) is 0 Å². The molecule has 0 spiro atoms. The predicted octanol–water partition coefficient (Wildman–Crippen LogP) is 3.08. The highest BCUT2D eigenvalue weighted by atomic mass is 32.2. The molecule has 0 radical (unpaired) electrons. The molecule has 0 aromatic heterocycles. The van der Waals surface area contributed by atoms with Crippen LogP contribution in [0.2, 0.25) is 0 Å². The number of methoxy groups -OCH3 is 1. The number of nitrogens with one attached hydrogen (secondary N) is 1. The molecule has 2 aromatic carbocycles. The molecular weight excluding hydrogens is 392 g/mol. The molecule has 0 atom stereocenters. The monoisotopic (exact) mass is 418 g/mol. The Morgan fingerprint density at radius 3 is 2.62 bits per heavy atom. The maximum absolute atomic E-state index is 12.4. The van der Waals surface area contributed by atoms with Gasteiger partial charge in [0.1, 0.15) is 18.1 Å². The average Bonchev–Trinajstić information content (AvgIpc) is 2.70. The summed E-state index contributed by atoms with van der Waals surface area (Å²) in [5, 5.41) is 2.82. The molecule has 0 fully saturated rings. The van der Waals surface area contributed by atoms with Crippen LogP contribution in [-0.2, 0) is 21.2 Å². The second-order valence-electron chi connectivity index (χ2n) is 6.44.